The fourth-order valence-corrected chi connectivity index (χ4v) is 2.69. The highest BCUT2D eigenvalue weighted by Gasteiger charge is 2.36. The summed E-state index contributed by atoms with van der Waals surface area (Å²) in [6.45, 7) is 1.45. The van der Waals surface area contributed by atoms with Gasteiger partial charge < -0.3 is 19.3 Å². The van der Waals surface area contributed by atoms with Crippen LogP contribution in [0.15, 0.2) is 18.2 Å². The molecule has 0 aliphatic carbocycles. The first-order valence-corrected chi connectivity index (χ1v) is 6.97. The molecule has 2 heterocycles. The summed E-state index contributed by atoms with van der Waals surface area (Å²) in [6.07, 6.45) is 0.255. The maximum absolute atomic E-state index is 12.2. The summed E-state index contributed by atoms with van der Waals surface area (Å²) in [7, 11) is 3.42. The largest absolute Gasteiger partial charge is 0.486 e. The molecule has 1 atom stereocenters. The molecule has 0 spiro atoms. The van der Waals surface area contributed by atoms with E-state index in [1.54, 1.807) is 31.1 Å². The number of hydrogen-bond acceptors (Lipinski definition) is 4. The molecule has 112 valence electrons. The molecule has 1 saturated heterocycles. The number of carbonyl (C=O) groups is 2. The van der Waals surface area contributed by atoms with Crippen LogP contribution in [0.2, 0.25) is 0 Å². The van der Waals surface area contributed by atoms with Gasteiger partial charge >= 0.3 is 0 Å². The van der Waals surface area contributed by atoms with Gasteiger partial charge in [0.25, 0.3) is 0 Å². The van der Waals surface area contributed by atoms with E-state index in [-0.39, 0.29) is 24.2 Å². The fourth-order valence-electron chi connectivity index (χ4n) is 2.69. The summed E-state index contributed by atoms with van der Waals surface area (Å²) in [4.78, 5) is 27.3. The van der Waals surface area contributed by atoms with Crippen LogP contribution < -0.4 is 14.4 Å². The Morgan fingerprint density at radius 3 is 2.67 bits per heavy atom. The predicted octanol–water partition coefficient (Wildman–Crippen LogP) is 0.899. The van der Waals surface area contributed by atoms with E-state index in [1.807, 2.05) is 6.07 Å². The van der Waals surface area contributed by atoms with Crippen molar-refractivity contribution in [1.82, 2.24) is 4.90 Å². The Kier molecular flexibility index (Phi) is 3.45. The molecular weight excluding hydrogens is 272 g/mol. The van der Waals surface area contributed by atoms with Crippen molar-refractivity contribution in [2.45, 2.75) is 6.42 Å². The molecule has 3 rings (SSSR count). The number of hydrogen-bond donors (Lipinski definition) is 0. The molecule has 1 aromatic carbocycles. The standard InChI is InChI=1S/C15H18N2O4/c1-16(2)15(19)10-7-14(18)17(9-10)11-3-4-12-13(8-11)21-6-5-20-12/h3-4,8,10H,5-7,9H2,1-2H3/t10-/m0/s1. The maximum Gasteiger partial charge on any atom is 0.227 e. The number of nitrogens with zero attached hydrogens (tertiary/aromatic N) is 2. The van der Waals surface area contributed by atoms with Crippen molar-refractivity contribution in [3.05, 3.63) is 18.2 Å². The van der Waals surface area contributed by atoms with Crippen molar-refractivity contribution in [1.29, 1.82) is 0 Å². The van der Waals surface area contributed by atoms with Gasteiger partial charge in [0.05, 0.1) is 5.92 Å². The van der Waals surface area contributed by atoms with Gasteiger partial charge in [-0.25, -0.2) is 0 Å². The molecule has 1 fully saturated rings. The van der Waals surface area contributed by atoms with Gasteiger partial charge in [0.15, 0.2) is 11.5 Å². The summed E-state index contributed by atoms with van der Waals surface area (Å²) >= 11 is 0. The fraction of sp³-hybridized carbons (Fsp3) is 0.467. The summed E-state index contributed by atoms with van der Waals surface area (Å²) in [5, 5.41) is 0. The van der Waals surface area contributed by atoms with Crippen LogP contribution >= 0.6 is 0 Å². The average Bonchev–Trinajstić information content (AvgIpc) is 2.87. The predicted molar refractivity (Wildman–Crippen MR) is 76.6 cm³/mol. The van der Waals surface area contributed by atoms with Gasteiger partial charge in [0.1, 0.15) is 13.2 Å². The topological polar surface area (TPSA) is 59.1 Å². The van der Waals surface area contributed by atoms with Crippen LogP contribution in [-0.2, 0) is 9.59 Å². The van der Waals surface area contributed by atoms with Gasteiger partial charge in [-0.3, -0.25) is 9.59 Å². The van der Waals surface area contributed by atoms with Gasteiger partial charge in [-0.2, -0.15) is 0 Å². The van der Waals surface area contributed by atoms with Crippen molar-refractivity contribution < 1.29 is 19.1 Å². The van der Waals surface area contributed by atoms with Crippen LogP contribution in [0.5, 0.6) is 11.5 Å². The number of ether oxygens (including phenoxy) is 2. The number of benzene rings is 1. The first-order valence-electron chi connectivity index (χ1n) is 6.97. The Morgan fingerprint density at radius 1 is 1.24 bits per heavy atom. The van der Waals surface area contributed by atoms with Crippen LogP contribution in [0.25, 0.3) is 0 Å². The monoisotopic (exact) mass is 290 g/mol. The Balaban J connectivity index is 1.81. The summed E-state index contributed by atoms with van der Waals surface area (Å²) < 4.78 is 11.0. The van der Waals surface area contributed by atoms with Crippen LogP contribution in [-0.4, -0.2) is 50.6 Å². The average molecular weight is 290 g/mol. The summed E-state index contributed by atoms with van der Waals surface area (Å²) in [5.74, 6) is 1.02. The maximum atomic E-state index is 12.2. The second-order valence-electron chi connectivity index (χ2n) is 5.47. The molecule has 1 aromatic rings. The van der Waals surface area contributed by atoms with Crippen LogP contribution in [0.3, 0.4) is 0 Å². The molecule has 6 nitrogen and oxygen atoms in total. The smallest absolute Gasteiger partial charge is 0.227 e. The van der Waals surface area contributed by atoms with E-state index in [0.29, 0.717) is 31.3 Å². The van der Waals surface area contributed by atoms with Crippen molar-refractivity contribution >= 4 is 17.5 Å². The van der Waals surface area contributed by atoms with Gasteiger partial charge in [0, 0.05) is 38.8 Å². The lowest BCUT2D eigenvalue weighted by atomic mass is 10.1. The molecule has 0 saturated carbocycles. The lowest BCUT2D eigenvalue weighted by molar-refractivity contribution is -0.133. The minimum absolute atomic E-state index is 0.0107. The highest BCUT2D eigenvalue weighted by atomic mass is 16.6. The van der Waals surface area contributed by atoms with Crippen molar-refractivity contribution in [2.24, 2.45) is 5.92 Å². The Hall–Kier alpha value is -2.24. The minimum atomic E-state index is -0.277. The molecular formula is C15H18N2O4. The minimum Gasteiger partial charge on any atom is -0.486 e. The first kappa shape index (κ1) is 13.7. The van der Waals surface area contributed by atoms with E-state index in [4.69, 9.17) is 9.47 Å². The van der Waals surface area contributed by atoms with Crippen LogP contribution in [0, 0.1) is 5.92 Å². The van der Waals surface area contributed by atoms with Crippen LogP contribution in [0.1, 0.15) is 6.42 Å². The molecule has 0 N–H and O–H groups in total. The van der Waals surface area contributed by atoms with Crippen molar-refractivity contribution in [3.8, 4) is 11.5 Å². The molecule has 21 heavy (non-hydrogen) atoms. The molecule has 2 amide bonds. The van der Waals surface area contributed by atoms with E-state index < -0.39 is 0 Å². The number of amides is 2. The lowest BCUT2D eigenvalue weighted by Crippen LogP contribution is -2.32. The lowest BCUT2D eigenvalue weighted by Gasteiger charge is -2.22. The van der Waals surface area contributed by atoms with Gasteiger partial charge in [-0.05, 0) is 12.1 Å². The second-order valence-corrected chi connectivity index (χ2v) is 5.47. The molecule has 0 aromatic heterocycles. The van der Waals surface area contributed by atoms with Crippen molar-refractivity contribution in [3.63, 3.8) is 0 Å². The number of fused-ring (bicyclic) bond motifs is 1. The van der Waals surface area contributed by atoms with Gasteiger partial charge in [-0.1, -0.05) is 0 Å². The summed E-state index contributed by atoms with van der Waals surface area (Å²) in [6, 6.07) is 5.43. The second kappa shape index (κ2) is 5.27. The first-order chi connectivity index (χ1) is 10.1. The molecule has 2 aliphatic heterocycles. The van der Waals surface area contributed by atoms with E-state index in [9.17, 15) is 9.59 Å². The highest BCUT2D eigenvalue weighted by Crippen LogP contribution is 2.36. The zero-order valence-electron chi connectivity index (χ0n) is 12.2. The van der Waals surface area contributed by atoms with Crippen molar-refractivity contribution in [2.75, 3.05) is 38.8 Å². The third-order valence-corrected chi connectivity index (χ3v) is 3.75. The normalized spacial score (nSPS) is 20.6. The molecule has 0 unspecified atom stereocenters. The van der Waals surface area contributed by atoms with E-state index in [2.05, 4.69) is 0 Å². The molecule has 6 heteroatoms. The third kappa shape index (κ3) is 2.53. The number of rotatable bonds is 2. The quantitative estimate of drug-likeness (QED) is 0.812. The number of anilines is 1. The van der Waals surface area contributed by atoms with E-state index >= 15 is 0 Å². The van der Waals surface area contributed by atoms with Gasteiger partial charge in [-0.15, -0.1) is 0 Å². The Bertz CT molecular complexity index is 585. The molecule has 0 bridgehead atoms. The Labute approximate surface area is 123 Å². The SMILES string of the molecule is CN(C)C(=O)[C@H]1CC(=O)N(c2ccc3c(c2)OCCO3)C1. The zero-order chi connectivity index (χ0) is 15.0. The molecule has 2 aliphatic rings. The zero-order valence-corrected chi connectivity index (χ0v) is 12.2. The van der Waals surface area contributed by atoms with E-state index in [0.717, 1.165) is 5.69 Å². The van der Waals surface area contributed by atoms with Crippen LogP contribution in [0.4, 0.5) is 5.69 Å². The Morgan fingerprint density at radius 2 is 1.95 bits per heavy atom. The molecule has 0 radical (unpaired) electrons. The highest BCUT2D eigenvalue weighted by molar-refractivity contribution is 6.00. The third-order valence-electron chi connectivity index (χ3n) is 3.75. The number of carbonyl (C=O) groups excluding carboxylic acids is 2. The summed E-state index contributed by atoms with van der Waals surface area (Å²) in [5.41, 5.74) is 0.748. The van der Waals surface area contributed by atoms with E-state index in [1.165, 1.54) is 4.90 Å². The van der Waals surface area contributed by atoms with Gasteiger partial charge in [0.2, 0.25) is 11.8 Å².